The summed E-state index contributed by atoms with van der Waals surface area (Å²) in [4.78, 5) is 0. The molecule has 108 valence electrons. The van der Waals surface area contributed by atoms with Crippen LogP contribution in [-0.4, -0.2) is 27.3 Å². The summed E-state index contributed by atoms with van der Waals surface area (Å²) in [7, 11) is -1.88. The fourth-order valence-corrected chi connectivity index (χ4v) is 4.16. The lowest BCUT2D eigenvalue weighted by Crippen LogP contribution is -2.41. The van der Waals surface area contributed by atoms with Crippen LogP contribution in [0.5, 0.6) is 0 Å². The van der Waals surface area contributed by atoms with E-state index >= 15 is 0 Å². The molecule has 1 aliphatic rings. The van der Waals surface area contributed by atoms with Gasteiger partial charge in [0.15, 0.2) is 0 Å². The van der Waals surface area contributed by atoms with Crippen LogP contribution in [0.3, 0.4) is 0 Å². The first-order valence-electron chi connectivity index (χ1n) is 6.53. The number of methoxy groups -OCH3 is 1. The van der Waals surface area contributed by atoms with Crippen LogP contribution < -0.4 is 4.72 Å². The topological polar surface area (TPSA) is 55.4 Å². The Morgan fingerprint density at radius 3 is 2.95 bits per heavy atom. The van der Waals surface area contributed by atoms with E-state index in [1.807, 2.05) is 24.3 Å². The molecule has 1 aliphatic carbocycles. The Balaban J connectivity index is 2.27. The third-order valence-electron chi connectivity index (χ3n) is 3.58. The zero-order chi connectivity index (χ0) is 14.6. The lowest BCUT2D eigenvalue weighted by atomic mass is 9.89. The lowest BCUT2D eigenvalue weighted by Gasteiger charge is -2.32. The predicted octanol–water partition coefficient (Wildman–Crippen LogP) is 1.95. The third-order valence-corrected chi connectivity index (χ3v) is 5.43. The van der Waals surface area contributed by atoms with Crippen molar-refractivity contribution in [2.45, 2.75) is 24.2 Å². The van der Waals surface area contributed by atoms with Gasteiger partial charge < -0.3 is 4.74 Å². The first-order chi connectivity index (χ1) is 9.60. The van der Waals surface area contributed by atoms with E-state index in [9.17, 15) is 8.42 Å². The highest BCUT2D eigenvalue weighted by molar-refractivity contribution is 7.90. The van der Waals surface area contributed by atoms with Crippen molar-refractivity contribution >= 4 is 10.0 Å². The van der Waals surface area contributed by atoms with E-state index in [0.717, 1.165) is 17.5 Å². The van der Waals surface area contributed by atoms with E-state index in [0.29, 0.717) is 6.42 Å². The van der Waals surface area contributed by atoms with Gasteiger partial charge in [-0.05, 0) is 30.0 Å². The summed E-state index contributed by atoms with van der Waals surface area (Å²) in [5.41, 5.74) is 4.68. The summed E-state index contributed by atoms with van der Waals surface area (Å²) < 4.78 is 32.8. The second kappa shape index (κ2) is 6.37. The molecule has 0 fully saturated rings. The van der Waals surface area contributed by atoms with Crippen molar-refractivity contribution in [2.24, 2.45) is 0 Å². The summed E-state index contributed by atoms with van der Waals surface area (Å²) in [5, 5.41) is -0.569. The quantitative estimate of drug-likeness (QED) is 0.844. The van der Waals surface area contributed by atoms with Crippen LogP contribution in [0.1, 0.15) is 23.7 Å². The molecule has 2 atom stereocenters. The van der Waals surface area contributed by atoms with Gasteiger partial charge in [-0.15, -0.1) is 5.73 Å². The molecule has 0 saturated heterocycles. The zero-order valence-corrected chi connectivity index (χ0v) is 12.3. The summed E-state index contributed by atoms with van der Waals surface area (Å²) in [6, 6.07) is 7.84. The lowest BCUT2D eigenvalue weighted by molar-refractivity contribution is 0.0904. The van der Waals surface area contributed by atoms with Crippen LogP contribution in [-0.2, 0) is 21.2 Å². The fourth-order valence-electron chi connectivity index (χ4n) is 2.62. The first-order valence-corrected chi connectivity index (χ1v) is 8.08. The van der Waals surface area contributed by atoms with Crippen molar-refractivity contribution in [2.75, 3.05) is 13.7 Å². The number of hydrogen-bond acceptors (Lipinski definition) is 3. The highest BCUT2D eigenvalue weighted by atomic mass is 32.2. The van der Waals surface area contributed by atoms with Gasteiger partial charge in [0.1, 0.15) is 11.4 Å². The molecular weight excluding hydrogens is 274 g/mol. The van der Waals surface area contributed by atoms with E-state index in [4.69, 9.17) is 4.74 Å². The summed E-state index contributed by atoms with van der Waals surface area (Å²) >= 11 is 0. The molecule has 0 bridgehead atoms. The van der Waals surface area contributed by atoms with Crippen LogP contribution in [0.4, 0.5) is 0 Å². The summed E-state index contributed by atoms with van der Waals surface area (Å²) in [6.07, 6.45) is 2.43. The molecular formula is C15H19NO3S. The Morgan fingerprint density at radius 1 is 1.50 bits per heavy atom. The minimum absolute atomic E-state index is 0.209. The number of fused-ring (bicyclic) bond motifs is 1. The second-order valence-corrected chi connectivity index (χ2v) is 6.72. The number of nitrogens with one attached hydrogen (secondary N) is 1. The average molecular weight is 293 g/mol. The van der Waals surface area contributed by atoms with Crippen LogP contribution in [0.25, 0.3) is 0 Å². The van der Waals surface area contributed by atoms with Crippen LogP contribution in [0.2, 0.25) is 0 Å². The number of rotatable bonds is 5. The van der Waals surface area contributed by atoms with Crippen molar-refractivity contribution in [1.29, 1.82) is 0 Å². The Morgan fingerprint density at radius 2 is 2.25 bits per heavy atom. The third kappa shape index (κ3) is 3.02. The molecule has 0 spiro atoms. The van der Waals surface area contributed by atoms with E-state index in [1.165, 1.54) is 0 Å². The number of sulfonamides is 1. The van der Waals surface area contributed by atoms with Gasteiger partial charge in [0, 0.05) is 13.7 Å². The highest BCUT2D eigenvalue weighted by Crippen LogP contribution is 2.35. The average Bonchev–Trinajstić information content (AvgIpc) is 2.46. The second-order valence-electron chi connectivity index (χ2n) is 4.73. The van der Waals surface area contributed by atoms with Gasteiger partial charge in [-0.1, -0.05) is 30.8 Å². The maximum absolute atomic E-state index is 12.4. The number of ether oxygens (including phenoxy) is 1. The van der Waals surface area contributed by atoms with E-state index in [2.05, 4.69) is 17.0 Å². The molecule has 0 radical (unpaired) electrons. The summed E-state index contributed by atoms with van der Waals surface area (Å²) in [6.45, 7) is 3.62. The van der Waals surface area contributed by atoms with Crippen molar-refractivity contribution in [3.05, 3.63) is 53.8 Å². The standard InChI is InChI=1S/C15H19NO3S/c1-3-4-11-16-20(17,18)14-10-9-12-7-5-6-8-13(12)15(14)19-2/h4-8,14-16H,1,9-11H2,2H3/t14-,15-/m1/s1. The molecule has 20 heavy (non-hydrogen) atoms. The van der Waals surface area contributed by atoms with Gasteiger partial charge >= 0.3 is 0 Å². The molecule has 2 rings (SSSR count). The van der Waals surface area contributed by atoms with Crippen LogP contribution in [0, 0.1) is 0 Å². The first kappa shape index (κ1) is 15.0. The van der Waals surface area contributed by atoms with Crippen LogP contribution >= 0.6 is 0 Å². The number of hydrogen-bond donors (Lipinski definition) is 1. The Labute approximate surface area is 120 Å². The van der Waals surface area contributed by atoms with Gasteiger partial charge in [0.25, 0.3) is 0 Å². The van der Waals surface area contributed by atoms with E-state index in [-0.39, 0.29) is 6.54 Å². The summed E-state index contributed by atoms with van der Waals surface area (Å²) in [5.74, 6) is 0. The van der Waals surface area contributed by atoms with Crippen molar-refractivity contribution in [1.82, 2.24) is 4.72 Å². The van der Waals surface area contributed by atoms with Gasteiger partial charge in [0.05, 0.1) is 0 Å². The molecule has 4 nitrogen and oxygen atoms in total. The Kier molecular flexibility index (Phi) is 4.78. The van der Waals surface area contributed by atoms with Crippen molar-refractivity contribution < 1.29 is 13.2 Å². The molecule has 0 aliphatic heterocycles. The number of aryl methyl sites for hydroxylation is 1. The number of benzene rings is 1. The van der Waals surface area contributed by atoms with E-state index in [1.54, 1.807) is 13.2 Å². The molecule has 1 aromatic rings. The SMILES string of the molecule is C=C=CCNS(=O)(=O)[C@@H]1CCc2ccccc2[C@H]1OC. The zero-order valence-electron chi connectivity index (χ0n) is 11.5. The predicted molar refractivity (Wildman–Crippen MR) is 78.9 cm³/mol. The normalized spacial score (nSPS) is 21.9. The highest BCUT2D eigenvalue weighted by Gasteiger charge is 2.38. The maximum atomic E-state index is 12.4. The maximum Gasteiger partial charge on any atom is 0.217 e. The van der Waals surface area contributed by atoms with Crippen LogP contribution in [0.15, 0.2) is 42.7 Å². The van der Waals surface area contributed by atoms with E-state index < -0.39 is 21.4 Å². The molecule has 0 aromatic heterocycles. The van der Waals surface area contributed by atoms with Crippen molar-refractivity contribution in [3.63, 3.8) is 0 Å². The smallest absolute Gasteiger partial charge is 0.217 e. The largest absolute Gasteiger partial charge is 0.375 e. The van der Waals surface area contributed by atoms with Gasteiger partial charge in [0.2, 0.25) is 10.0 Å². The minimum atomic E-state index is -3.43. The minimum Gasteiger partial charge on any atom is -0.375 e. The van der Waals surface area contributed by atoms with Gasteiger partial charge in [-0.25, -0.2) is 13.1 Å². The molecule has 0 saturated carbocycles. The Hall–Kier alpha value is -1.39. The van der Waals surface area contributed by atoms with Gasteiger partial charge in [-0.3, -0.25) is 0 Å². The molecule has 0 amide bonds. The molecule has 5 heteroatoms. The van der Waals surface area contributed by atoms with Gasteiger partial charge in [-0.2, -0.15) is 0 Å². The Bertz CT molecular complexity index is 618. The fraction of sp³-hybridized carbons (Fsp3) is 0.400. The van der Waals surface area contributed by atoms with Crippen molar-refractivity contribution in [3.8, 4) is 0 Å². The molecule has 1 aromatic carbocycles. The molecule has 0 unspecified atom stereocenters. The molecule has 0 heterocycles. The monoisotopic (exact) mass is 293 g/mol. The molecule has 1 N–H and O–H groups in total.